The lowest BCUT2D eigenvalue weighted by Crippen LogP contribution is -2.23. The van der Waals surface area contributed by atoms with E-state index in [0.717, 1.165) is 16.8 Å². The lowest BCUT2D eigenvalue weighted by atomic mass is 10.2. The minimum atomic E-state index is -0.286. The van der Waals surface area contributed by atoms with Crippen LogP contribution in [0.3, 0.4) is 0 Å². The SMILES string of the molecule is CC(C)COc1cccc2nc(Cn3cccc(NC=O)c3=O)[nH]c12. The molecule has 2 N–H and O–H groups in total. The average molecular weight is 340 g/mol. The number of ether oxygens (including phenoxy) is 1. The first-order chi connectivity index (χ1) is 12.1. The Morgan fingerprint density at radius 2 is 2.16 bits per heavy atom. The molecule has 0 aliphatic rings. The second-order valence-electron chi connectivity index (χ2n) is 6.16. The van der Waals surface area contributed by atoms with Gasteiger partial charge in [0.25, 0.3) is 5.56 Å². The lowest BCUT2D eigenvalue weighted by molar-refractivity contribution is -0.105. The van der Waals surface area contributed by atoms with E-state index >= 15 is 0 Å². The molecule has 0 unspecified atom stereocenters. The lowest BCUT2D eigenvalue weighted by Gasteiger charge is -2.08. The summed E-state index contributed by atoms with van der Waals surface area (Å²) in [6.07, 6.45) is 2.14. The first-order valence-corrected chi connectivity index (χ1v) is 8.08. The van der Waals surface area contributed by atoms with Gasteiger partial charge in [0.1, 0.15) is 22.8 Å². The summed E-state index contributed by atoms with van der Waals surface area (Å²) in [4.78, 5) is 30.6. The van der Waals surface area contributed by atoms with E-state index in [0.29, 0.717) is 24.8 Å². The van der Waals surface area contributed by atoms with Crippen molar-refractivity contribution in [1.82, 2.24) is 14.5 Å². The van der Waals surface area contributed by atoms with Gasteiger partial charge in [-0.2, -0.15) is 0 Å². The van der Waals surface area contributed by atoms with E-state index in [9.17, 15) is 9.59 Å². The van der Waals surface area contributed by atoms with Gasteiger partial charge in [0.2, 0.25) is 6.41 Å². The highest BCUT2D eigenvalue weighted by Crippen LogP contribution is 2.24. The van der Waals surface area contributed by atoms with Crippen LogP contribution in [0.15, 0.2) is 41.3 Å². The number of rotatable bonds is 7. The highest BCUT2D eigenvalue weighted by atomic mass is 16.5. The third-order valence-corrected chi connectivity index (χ3v) is 3.66. The molecule has 1 aromatic carbocycles. The van der Waals surface area contributed by atoms with Gasteiger partial charge in [0.15, 0.2) is 0 Å². The molecule has 0 saturated heterocycles. The summed E-state index contributed by atoms with van der Waals surface area (Å²) in [6.45, 7) is 5.06. The summed E-state index contributed by atoms with van der Waals surface area (Å²) < 4.78 is 7.31. The predicted molar refractivity (Wildman–Crippen MR) is 95.9 cm³/mol. The minimum Gasteiger partial charge on any atom is -0.491 e. The summed E-state index contributed by atoms with van der Waals surface area (Å²) in [5.74, 6) is 1.80. The van der Waals surface area contributed by atoms with Crippen LogP contribution in [-0.4, -0.2) is 27.6 Å². The van der Waals surface area contributed by atoms with Crippen LogP contribution in [-0.2, 0) is 11.3 Å². The second-order valence-corrected chi connectivity index (χ2v) is 6.16. The maximum atomic E-state index is 12.3. The highest BCUT2D eigenvalue weighted by molar-refractivity contribution is 5.81. The van der Waals surface area contributed by atoms with Crippen molar-refractivity contribution >= 4 is 23.1 Å². The van der Waals surface area contributed by atoms with Gasteiger partial charge in [-0.15, -0.1) is 0 Å². The molecule has 0 saturated carbocycles. The van der Waals surface area contributed by atoms with Crippen LogP contribution in [0.1, 0.15) is 19.7 Å². The number of hydrogen-bond donors (Lipinski definition) is 2. The number of carbonyl (C=O) groups is 1. The Hall–Kier alpha value is -3.09. The smallest absolute Gasteiger partial charge is 0.274 e. The van der Waals surface area contributed by atoms with Crippen LogP contribution in [0.4, 0.5) is 5.69 Å². The maximum Gasteiger partial charge on any atom is 0.274 e. The number of aromatic nitrogens is 3. The van der Waals surface area contributed by atoms with Gasteiger partial charge in [0, 0.05) is 6.20 Å². The zero-order valence-electron chi connectivity index (χ0n) is 14.2. The zero-order valence-corrected chi connectivity index (χ0v) is 14.2. The molecule has 0 bridgehead atoms. The second kappa shape index (κ2) is 7.21. The standard InChI is InChI=1S/C18H20N4O3/c1-12(2)10-25-15-7-3-5-13-17(15)21-16(20-13)9-22-8-4-6-14(18(22)24)19-11-23/h3-8,11-12H,9-10H2,1-2H3,(H,19,23)(H,20,21). The number of carbonyl (C=O) groups excluding carboxylic acids is 1. The fourth-order valence-electron chi connectivity index (χ4n) is 2.50. The predicted octanol–water partition coefficient (Wildman–Crippen LogP) is 2.38. The molecule has 2 heterocycles. The Morgan fingerprint density at radius 1 is 1.32 bits per heavy atom. The maximum absolute atomic E-state index is 12.3. The van der Waals surface area contributed by atoms with Crippen LogP contribution in [0, 0.1) is 5.92 Å². The van der Waals surface area contributed by atoms with E-state index in [1.807, 2.05) is 18.2 Å². The number of amides is 1. The van der Waals surface area contributed by atoms with Crippen molar-refractivity contribution in [1.29, 1.82) is 0 Å². The number of anilines is 1. The molecular weight excluding hydrogens is 320 g/mol. The monoisotopic (exact) mass is 340 g/mol. The van der Waals surface area contributed by atoms with Crippen molar-refractivity contribution in [2.75, 3.05) is 11.9 Å². The highest BCUT2D eigenvalue weighted by Gasteiger charge is 2.10. The summed E-state index contributed by atoms with van der Waals surface area (Å²) in [5.41, 5.74) is 1.54. The summed E-state index contributed by atoms with van der Waals surface area (Å²) in [6, 6.07) is 8.94. The Balaban J connectivity index is 1.90. The van der Waals surface area contributed by atoms with E-state index in [1.165, 1.54) is 4.57 Å². The molecule has 130 valence electrons. The van der Waals surface area contributed by atoms with E-state index in [-0.39, 0.29) is 17.8 Å². The number of hydrogen-bond acceptors (Lipinski definition) is 4. The van der Waals surface area contributed by atoms with Gasteiger partial charge in [-0.25, -0.2) is 4.98 Å². The topological polar surface area (TPSA) is 89.0 Å². The number of aromatic amines is 1. The van der Waals surface area contributed by atoms with Crippen molar-refractivity contribution < 1.29 is 9.53 Å². The first kappa shape index (κ1) is 16.8. The number of nitrogens with one attached hydrogen (secondary N) is 2. The molecule has 7 nitrogen and oxygen atoms in total. The molecule has 0 fully saturated rings. The number of imidazole rings is 1. The van der Waals surface area contributed by atoms with Gasteiger partial charge in [-0.1, -0.05) is 19.9 Å². The van der Waals surface area contributed by atoms with Gasteiger partial charge < -0.3 is 19.6 Å². The largest absolute Gasteiger partial charge is 0.491 e. The van der Waals surface area contributed by atoms with E-state index < -0.39 is 0 Å². The minimum absolute atomic E-state index is 0.231. The molecule has 0 spiro atoms. The first-order valence-electron chi connectivity index (χ1n) is 8.08. The molecular formula is C18H20N4O3. The van der Waals surface area contributed by atoms with Crippen molar-refractivity contribution in [3.8, 4) is 5.75 Å². The van der Waals surface area contributed by atoms with Crippen LogP contribution in [0.2, 0.25) is 0 Å². The quantitative estimate of drug-likeness (QED) is 0.646. The van der Waals surface area contributed by atoms with Crippen LogP contribution in [0.5, 0.6) is 5.75 Å². The Bertz CT molecular complexity index is 943. The number of nitrogens with zero attached hydrogens (tertiary/aromatic N) is 2. The molecule has 0 aliphatic heterocycles. The molecule has 0 atom stereocenters. The van der Waals surface area contributed by atoms with E-state index in [1.54, 1.807) is 18.3 Å². The normalized spacial score (nSPS) is 11.0. The Kier molecular flexibility index (Phi) is 4.83. The molecule has 3 aromatic rings. The number of benzene rings is 1. The van der Waals surface area contributed by atoms with E-state index in [4.69, 9.17) is 4.74 Å². The fourth-order valence-corrected chi connectivity index (χ4v) is 2.50. The molecule has 7 heteroatoms. The van der Waals surface area contributed by atoms with Crippen LogP contribution >= 0.6 is 0 Å². The fraction of sp³-hybridized carbons (Fsp3) is 0.278. The van der Waals surface area contributed by atoms with Crippen molar-refractivity contribution in [2.24, 2.45) is 5.92 Å². The average Bonchev–Trinajstić information content (AvgIpc) is 2.99. The zero-order chi connectivity index (χ0) is 17.8. The van der Waals surface area contributed by atoms with Gasteiger partial charge in [-0.3, -0.25) is 9.59 Å². The number of para-hydroxylation sites is 1. The third kappa shape index (κ3) is 3.71. The molecule has 3 rings (SSSR count). The van der Waals surface area contributed by atoms with Gasteiger partial charge in [0.05, 0.1) is 18.7 Å². The van der Waals surface area contributed by atoms with Gasteiger partial charge >= 0.3 is 0 Å². The van der Waals surface area contributed by atoms with Crippen molar-refractivity contribution in [3.05, 3.63) is 52.7 Å². The Labute approximate surface area is 144 Å². The molecule has 2 aromatic heterocycles. The third-order valence-electron chi connectivity index (χ3n) is 3.66. The Morgan fingerprint density at radius 3 is 2.92 bits per heavy atom. The summed E-state index contributed by atoms with van der Waals surface area (Å²) >= 11 is 0. The van der Waals surface area contributed by atoms with Crippen LogP contribution < -0.4 is 15.6 Å². The molecule has 25 heavy (non-hydrogen) atoms. The molecule has 1 amide bonds. The van der Waals surface area contributed by atoms with E-state index in [2.05, 4.69) is 29.1 Å². The molecule has 0 aliphatic carbocycles. The van der Waals surface area contributed by atoms with Crippen molar-refractivity contribution in [2.45, 2.75) is 20.4 Å². The summed E-state index contributed by atoms with van der Waals surface area (Å²) in [5, 5.41) is 2.40. The van der Waals surface area contributed by atoms with Gasteiger partial charge in [-0.05, 0) is 30.2 Å². The van der Waals surface area contributed by atoms with Crippen molar-refractivity contribution in [3.63, 3.8) is 0 Å². The molecule has 0 radical (unpaired) electrons. The number of fused-ring (bicyclic) bond motifs is 1. The number of pyridine rings is 1. The van der Waals surface area contributed by atoms with Crippen LogP contribution in [0.25, 0.3) is 11.0 Å². The number of H-pyrrole nitrogens is 1. The summed E-state index contributed by atoms with van der Waals surface area (Å²) in [7, 11) is 0.